The molecule has 2 rings (SSSR count). The summed E-state index contributed by atoms with van der Waals surface area (Å²) in [6, 6.07) is 1.68. The van der Waals surface area contributed by atoms with Crippen LogP contribution in [0.4, 0.5) is 0 Å². The van der Waals surface area contributed by atoms with Gasteiger partial charge in [0.05, 0.1) is 25.4 Å². The number of ether oxygens (including phenoxy) is 1. The minimum absolute atomic E-state index is 0.0373. The van der Waals surface area contributed by atoms with Gasteiger partial charge in [-0.15, -0.1) is 0 Å². The molecule has 0 unspecified atom stereocenters. The smallest absolute Gasteiger partial charge is 0.284 e. The predicted octanol–water partition coefficient (Wildman–Crippen LogP) is 1.26. The number of carbonyl (C=O) groups excluding carboxylic acids is 1. The van der Waals surface area contributed by atoms with E-state index in [1.165, 1.54) is 0 Å². The Kier molecular flexibility index (Phi) is 4.94. The second-order valence-electron chi connectivity index (χ2n) is 6.81. The molecular formula is C16H26N2O4. The number of carbonyl (C=O) groups is 1. The highest BCUT2D eigenvalue weighted by molar-refractivity contribution is 5.90. The Hall–Kier alpha value is -1.37. The third-order valence-electron chi connectivity index (χ3n) is 4.00. The number of furan rings is 1. The van der Waals surface area contributed by atoms with Crippen molar-refractivity contribution < 1.29 is 19.1 Å². The average Bonchev–Trinajstić information content (AvgIpc) is 3.01. The molecule has 0 spiro atoms. The Labute approximate surface area is 131 Å². The molecule has 1 aromatic rings. The summed E-state index contributed by atoms with van der Waals surface area (Å²) in [5, 5.41) is 10.0. The van der Waals surface area contributed by atoms with Crippen LogP contribution in [-0.2, 0) is 16.7 Å². The van der Waals surface area contributed by atoms with E-state index in [0.717, 1.165) is 17.9 Å². The number of amides is 1. The SMILES string of the molecule is CCN(Cc1cc(C(N)=O)oc1C(C)(C)C)[C@H]1COC[C@@H]1O. The fraction of sp³-hybridized carbons (Fsp3) is 0.688. The van der Waals surface area contributed by atoms with Crippen molar-refractivity contribution in [3.63, 3.8) is 0 Å². The number of nitrogens with two attached hydrogens (primary N) is 1. The van der Waals surface area contributed by atoms with Crippen molar-refractivity contribution in [1.82, 2.24) is 4.90 Å². The van der Waals surface area contributed by atoms with Crippen LogP contribution in [0.3, 0.4) is 0 Å². The van der Waals surface area contributed by atoms with Crippen molar-refractivity contribution in [2.24, 2.45) is 5.73 Å². The molecule has 2 heterocycles. The average molecular weight is 310 g/mol. The van der Waals surface area contributed by atoms with Gasteiger partial charge < -0.3 is 20.0 Å². The van der Waals surface area contributed by atoms with Crippen LogP contribution in [0.5, 0.6) is 0 Å². The molecule has 2 atom stereocenters. The van der Waals surface area contributed by atoms with E-state index in [1.807, 2.05) is 27.7 Å². The summed E-state index contributed by atoms with van der Waals surface area (Å²) >= 11 is 0. The van der Waals surface area contributed by atoms with Crippen molar-refractivity contribution in [3.05, 3.63) is 23.2 Å². The van der Waals surface area contributed by atoms with Gasteiger partial charge in [0.1, 0.15) is 5.76 Å². The maximum atomic E-state index is 11.4. The van der Waals surface area contributed by atoms with Crippen LogP contribution in [0.1, 0.15) is 49.6 Å². The summed E-state index contributed by atoms with van der Waals surface area (Å²) in [7, 11) is 0. The number of aliphatic hydroxyl groups excluding tert-OH is 1. The van der Waals surface area contributed by atoms with E-state index in [0.29, 0.717) is 19.8 Å². The second kappa shape index (κ2) is 6.40. The van der Waals surface area contributed by atoms with Crippen molar-refractivity contribution in [2.45, 2.75) is 51.8 Å². The van der Waals surface area contributed by atoms with Crippen LogP contribution >= 0.6 is 0 Å². The zero-order chi connectivity index (χ0) is 16.5. The summed E-state index contributed by atoms with van der Waals surface area (Å²) < 4.78 is 11.0. The highest BCUT2D eigenvalue weighted by atomic mass is 16.5. The van der Waals surface area contributed by atoms with Gasteiger partial charge >= 0.3 is 0 Å². The largest absolute Gasteiger partial charge is 0.455 e. The number of nitrogens with zero attached hydrogens (tertiary/aromatic N) is 1. The van der Waals surface area contributed by atoms with Crippen molar-refractivity contribution >= 4 is 5.91 Å². The Morgan fingerprint density at radius 1 is 1.45 bits per heavy atom. The molecule has 0 radical (unpaired) electrons. The van der Waals surface area contributed by atoms with Crippen LogP contribution in [-0.4, -0.2) is 47.8 Å². The summed E-state index contributed by atoms with van der Waals surface area (Å²) in [6.45, 7) is 10.4. The van der Waals surface area contributed by atoms with Gasteiger partial charge in [0.15, 0.2) is 5.76 Å². The molecule has 0 aromatic carbocycles. The topological polar surface area (TPSA) is 88.9 Å². The third kappa shape index (κ3) is 3.51. The molecule has 1 aromatic heterocycles. The minimum atomic E-state index is -0.566. The van der Waals surface area contributed by atoms with Crippen molar-refractivity contribution in [3.8, 4) is 0 Å². The highest BCUT2D eigenvalue weighted by Gasteiger charge is 2.33. The fourth-order valence-corrected chi connectivity index (χ4v) is 2.87. The first-order chi connectivity index (χ1) is 10.2. The summed E-state index contributed by atoms with van der Waals surface area (Å²) in [5.41, 5.74) is 6.04. The molecule has 0 saturated carbocycles. The number of likely N-dealkylation sites (N-methyl/N-ethyl adjacent to an activating group) is 1. The maximum Gasteiger partial charge on any atom is 0.284 e. The Morgan fingerprint density at radius 3 is 2.59 bits per heavy atom. The molecule has 0 aliphatic carbocycles. The van der Waals surface area contributed by atoms with Gasteiger partial charge in [0.2, 0.25) is 0 Å². The lowest BCUT2D eigenvalue weighted by Gasteiger charge is -2.29. The monoisotopic (exact) mass is 310 g/mol. The van der Waals surface area contributed by atoms with Gasteiger partial charge in [0.25, 0.3) is 5.91 Å². The van der Waals surface area contributed by atoms with Crippen LogP contribution < -0.4 is 5.73 Å². The van der Waals surface area contributed by atoms with Gasteiger partial charge in [-0.25, -0.2) is 0 Å². The third-order valence-corrected chi connectivity index (χ3v) is 4.00. The van der Waals surface area contributed by atoms with Gasteiger partial charge in [-0.1, -0.05) is 27.7 Å². The molecule has 6 nitrogen and oxygen atoms in total. The molecule has 1 aliphatic rings. The van der Waals surface area contributed by atoms with Crippen LogP contribution in [0.15, 0.2) is 10.5 Å². The van der Waals surface area contributed by atoms with Crippen molar-refractivity contribution in [1.29, 1.82) is 0 Å². The zero-order valence-electron chi connectivity index (χ0n) is 13.8. The number of aliphatic hydroxyl groups is 1. The van der Waals surface area contributed by atoms with Crippen LogP contribution in [0, 0.1) is 0 Å². The lowest BCUT2D eigenvalue weighted by atomic mass is 9.90. The number of primary amides is 1. The van der Waals surface area contributed by atoms with E-state index in [2.05, 4.69) is 4.90 Å². The number of rotatable bonds is 5. The van der Waals surface area contributed by atoms with E-state index in [1.54, 1.807) is 6.07 Å². The molecule has 1 fully saturated rings. The molecular weight excluding hydrogens is 284 g/mol. The lowest BCUT2D eigenvalue weighted by molar-refractivity contribution is 0.0803. The predicted molar refractivity (Wildman–Crippen MR) is 82.6 cm³/mol. The number of hydrogen-bond donors (Lipinski definition) is 2. The van der Waals surface area contributed by atoms with Crippen molar-refractivity contribution in [2.75, 3.05) is 19.8 Å². The molecule has 3 N–H and O–H groups in total. The Balaban J connectivity index is 2.28. The molecule has 1 aliphatic heterocycles. The molecule has 6 heteroatoms. The fourth-order valence-electron chi connectivity index (χ4n) is 2.87. The zero-order valence-corrected chi connectivity index (χ0v) is 13.8. The minimum Gasteiger partial charge on any atom is -0.455 e. The first-order valence-electron chi connectivity index (χ1n) is 7.67. The van der Waals surface area contributed by atoms with E-state index in [-0.39, 0.29) is 17.2 Å². The summed E-state index contributed by atoms with van der Waals surface area (Å²) in [6.07, 6.45) is -0.486. The molecule has 1 amide bonds. The second-order valence-corrected chi connectivity index (χ2v) is 6.81. The molecule has 0 bridgehead atoms. The Bertz CT molecular complexity index is 533. The normalized spacial score (nSPS) is 22.5. The maximum absolute atomic E-state index is 11.4. The van der Waals surface area contributed by atoms with E-state index >= 15 is 0 Å². The van der Waals surface area contributed by atoms with Gasteiger partial charge in [-0.05, 0) is 12.6 Å². The van der Waals surface area contributed by atoms with Crippen LogP contribution in [0.2, 0.25) is 0 Å². The standard InChI is InChI=1S/C16H26N2O4/c1-5-18(11-8-21-9-12(11)19)7-10-6-13(15(17)20)22-14(10)16(2,3)4/h6,11-12,19H,5,7-9H2,1-4H3,(H2,17,20)/t11-,12-/m0/s1. The first-order valence-corrected chi connectivity index (χ1v) is 7.67. The molecule has 124 valence electrons. The summed E-state index contributed by atoms with van der Waals surface area (Å²) in [4.78, 5) is 13.6. The van der Waals surface area contributed by atoms with E-state index in [4.69, 9.17) is 14.9 Å². The Morgan fingerprint density at radius 2 is 2.14 bits per heavy atom. The quantitative estimate of drug-likeness (QED) is 0.854. The first kappa shape index (κ1) is 17.0. The molecule has 1 saturated heterocycles. The van der Waals surface area contributed by atoms with E-state index in [9.17, 15) is 9.90 Å². The lowest BCUT2D eigenvalue weighted by Crippen LogP contribution is -2.42. The van der Waals surface area contributed by atoms with Gasteiger partial charge in [-0.3, -0.25) is 9.69 Å². The molecule has 22 heavy (non-hydrogen) atoms. The summed E-state index contributed by atoms with van der Waals surface area (Å²) in [5.74, 6) is 0.372. The van der Waals surface area contributed by atoms with Crippen LogP contribution in [0.25, 0.3) is 0 Å². The number of hydrogen-bond acceptors (Lipinski definition) is 5. The van der Waals surface area contributed by atoms with Gasteiger partial charge in [0, 0.05) is 17.5 Å². The van der Waals surface area contributed by atoms with Gasteiger partial charge in [-0.2, -0.15) is 0 Å². The highest BCUT2D eigenvalue weighted by Crippen LogP contribution is 2.30. The van der Waals surface area contributed by atoms with E-state index < -0.39 is 12.0 Å².